The summed E-state index contributed by atoms with van der Waals surface area (Å²) in [4.78, 5) is 17.8. The Morgan fingerprint density at radius 2 is 1.92 bits per heavy atom. The van der Waals surface area contributed by atoms with Crippen LogP contribution in [0.2, 0.25) is 0 Å². The van der Waals surface area contributed by atoms with Crippen molar-refractivity contribution in [2.24, 2.45) is 0 Å². The highest BCUT2D eigenvalue weighted by Crippen LogP contribution is 2.29. The summed E-state index contributed by atoms with van der Waals surface area (Å²) in [6.45, 7) is 1.95. The topological polar surface area (TPSA) is 34.4 Å². The summed E-state index contributed by atoms with van der Waals surface area (Å²) in [5, 5.41) is 1.01. The lowest BCUT2D eigenvalue weighted by molar-refractivity contribution is 1.09. The third-order valence-corrected chi connectivity index (χ3v) is 4.30. The van der Waals surface area contributed by atoms with E-state index in [0.29, 0.717) is 11.4 Å². The van der Waals surface area contributed by atoms with Crippen LogP contribution in [-0.4, -0.2) is 9.38 Å². The standard InChI is InChI=1S/C21H14N2O/c1-3-4-11-17-14(2)16-12-8-13-18-19(16)23(21(17)24)20(22-18)15-9-6-5-7-10-15/h1,4-13H,2H3/b11-4-. The van der Waals surface area contributed by atoms with Crippen LogP contribution in [-0.2, 0) is 0 Å². The number of imidazole rings is 1. The molecule has 0 N–H and O–H groups in total. The Morgan fingerprint density at radius 1 is 1.12 bits per heavy atom. The zero-order chi connectivity index (χ0) is 16.7. The van der Waals surface area contributed by atoms with Crippen molar-refractivity contribution in [1.29, 1.82) is 0 Å². The molecule has 0 aliphatic carbocycles. The number of para-hydroxylation sites is 1. The minimum atomic E-state index is -0.0981. The van der Waals surface area contributed by atoms with E-state index in [2.05, 4.69) is 5.92 Å². The minimum absolute atomic E-state index is 0.0981. The van der Waals surface area contributed by atoms with Crippen LogP contribution < -0.4 is 5.56 Å². The minimum Gasteiger partial charge on any atom is -0.268 e. The molecule has 0 unspecified atom stereocenters. The van der Waals surface area contributed by atoms with Gasteiger partial charge in [-0.3, -0.25) is 9.20 Å². The lowest BCUT2D eigenvalue weighted by atomic mass is 10.0. The molecule has 3 nitrogen and oxygen atoms in total. The van der Waals surface area contributed by atoms with Gasteiger partial charge in [0.05, 0.1) is 11.0 Å². The maximum absolute atomic E-state index is 13.1. The second-order valence-electron chi connectivity index (χ2n) is 5.65. The van der Waals surface area contributed by atoms with Crippen molar-refractivity contribution in [3.8, 4) is 23.7 Å². The molecule has 0 spiro atoms. The second-order valence-corrected chi connectivity index (χ2v) is 5.65. The molecule has 0 saturated carbocycles. The maximum Gasteiger partial charge on any atom is 0.264 e. The number of terminal acetylenes is 1. The lowest BCUT2D eigenvalue weighted by Crippen LogP contribution is -2.18. The van der Waals surface area contributed by atoms with E-state index >= 15 is 0 Å². The Hall–Kier alpha value is -3.38. The Morgan fingerprint density at radius 3 is 2.67 bits per heavy atom. The molecule has 0 aliphatic heterocycles. The molecule has 4 rings (SSSR count). The normalized spacial score (nSPS) is 11.5. The van der Waals surface area contributed by atoms with Gasteiger partial charge in [0.2, 0.25) is 0 Å². The lowest BCUT2D eigenvalue weighted by Gasteiger charge is -2.08. The van der Waals surface area contributed by atoms with Crippen molar-refractivity contribution in [2.75, 3.05) is 0 Å². The fourth-order valence-electron chi connectivity index (χ4n) is 3.16. The van der Waals surface area contributed by atoms with Gasteiger partial charge in [0.15, 0.2) is 0 Å². The summed E-state index contributed by atoms with van der Waals surface area (Å²) in [6.07, 6.45) is 8.58. The van der Waals surface area contributed by atoms with Crippen LogP contribution in [0.3, 0.4) is 0 Å². The summed E-state index contributed by atoms with van der Waals surface area (Å²) >= 11 is 0. The van der Waals surface area contributed by atoms with Crippen molar-refractivity contribution in [2.45, 2.75) is 6.92 Å². The molecule has 2 heterocycles. The molecule has 24 heavy (non-hydrogen) atoms. The number of hydrogen-bond donors (Lipinski definition) is 0. The highest BCUT2D eigenvalue weighted by Gasteiger charge is 2.18. The predicted molar refractivity (Wildman–Crippen MR) is 98.2 cm³/mol. The van der Waals surface area contributed by atoms with E-state index in [9.17, 15) is 4.79 Å². The number of pyridine rings is 1. The van der Waals surface area contributed by atoms with Gasteiger partial charge in [0.1, 0.15) is 5.82 Å². The van der Waals surface area contributed by atoms with Crippen molar-refractivity contribution in [3.63, 3.8) is 0 Å². The van der Waals surface area contributed by atoms with E-state index in [1.807, 2.05) is 55.5 Å². The molecule has 114 valence electrons. The third-order valence-electron chi connectivity index (χ3n) is 4.30. The highest BCUT2D eigenvalue weighted by molar-refractivity contribution is 5.98. The number of rotatable bonds is 2. The van der Waals surface area contributed by atoms with Gasteiger partial charge in [-0.25, -0.2) is 4.98 Å². The number of allylic oxidation sites excluding steroid dienone is 1. The van der Waals surface area contributed by atoms with E-state index in [1.165, 1.54) is 0 Å². The average molecular weight is 310 g/mol. The van der Waals surface area contributed by atoms with Gasteiger partial charge in [-0.05, 0) is 30.7 Å². The SMILES string of the molecule is C#C/C=C\c1c(C)c2cccc3nc(-c4ccccc4)n(c1=O)c32. The summed E-state index contributed by atoms with van der Waals surface area (Å²) < 4.78 is 1.70. The Bertz CT molecular complexity index is 1180. The molecule has 0 saturated heterocycles. The molecule has 0 bridgehead atoms. The van der Waals surface area contributed by atoms with Gasteiger partial charge in [-0.15, -0.1) is 6.42 Å². The van der Waals surface area contributed by atoms with Gasteiger partial charge in [0.25, 0.3) is 5.56 Å². The Kier molecular flexibility index (Phi) is 3.18. The van der Waals surface area contributed by atoms with Crippen LogP contribution in [0.5, 0.6) is 0 Å². The number of hydrogen-bond acceptors (Lipinski definition) is 2. The summed E-state index contributed by atoms with van der Waals surface area (Å²) in [5.74, 6) is 3.11. The first kappa shape index (κ1) is 14.2. The zero-order valence-electron chi connectivity index (χ0n) is 13.2. The summed E-state index contributed by atoms with van der Waals surface area (Å²) in [5.41, 5.74) is 4.01. The first-order chi connectivity index (χ1) is 11.7. The molecule has 0 atom stereocenters. The highest BCUT2D eigenvalue weighted by atomic mass is 16.1. The van der Waals surface area contributed by atoms with E-state index in [4.69, 9.17) is 11.4 Å². The van der Waals surface area contributed by atoms with E-state index in [1.54, 1.807) is 16.6 Å². The molecule has 0 aliphatic rings. The fraction of sp³-hybridized carbons (Fsp3) is 0.0476. The number of nitrogens with zero attached hydrogens (tertiary/aromatic N) is 2. The molecule has 4 aromatic rings. The molecule has 2 aromatic heterocycles. The first-order valence-corrected chi connectivity index (χ1v) is 7.68. The maximum atomic E-state index is 13.1. The Labute approximate surface area is 139 Å². The fourth-order valence-corrected chi connectivity index (χ4v) is 3.16. The third kappa shape index (κ3) is 1.94. The number of aryl methyl sites for hydroxylation is 1. The van der Waals surface area contributed by atoms with E-state index in [-0.39, 0.29) is 5.56 Å². The Balaban J connectivity index is 2.22. The molecular weight excluding hydrogens is 296 g/mol. The van der Waals surface area contributed by atoms with Crippen molar-refractivity contribution < 1.29 is 0 Å². The predicted octanol–water partition coefficient (Wildman–Crippen LogP) is 3.91. The van der Waals surface area contributed by atoms with Crippen molar-refractivity contribution in [1.82, 2.24) is 9.38 Å². The van der Waals surface area contributed by atoms with Crippen LogP contribution >= 0.6 is 0 Å². The largest absolute Gasteiger partial charge is 0.268 e. The molecule has 3 heteroatoms. The van der Waals surface area contributed by atoms with Crippen molar-refractivity contribution in [3.05, 3.63) is 76.1 Å². The van der Waals surface area contributed by atoms with Gasteiger partial charge >= 0.3 is 0 Å². The van der Waals surface area contributed by atoms with Gasteiger partial charge < -0.3 is 0 Å². The van der Waals surface area contributed by atoms with Gasteiger partial charge in [-0.1, -0.05) is 48.4 Å². The van der Waals surface area contributed by atoms with Crippen LogP contribution in [0.25, 0.3) is 33.9 Å². The smallest absolute Gasteiger partial charge is 0.264 e. The molecule has 2 aromatic carbocycles. The van der Waals surface area contributed by atoms with Gasteiger partial charge in [0, 0.05) is 16.5 Å². The molecule has 0 radical (unpaired) electrons. The monoisotopic (exact) mass is 310 g/mol. The quantitative estimate of drug-likeness (QED) is 0.526. The molecule has 0 fully saturated rings. The summed E-state index contributed by atoms with van der Waals surface area (Å²) in [7, 11) is 0. The van der Waals surface area contributed by atoms with Gasteiger partial charge in [-0.2, -0.15) is 0 Å². The van der Waals surface area contributed by atoms with Crippen LogP contribution in [0.1, 0.15) is 11.1 Å². The number of benzene rings is 2. The summed E-state index contributed by atoms with van der Waals surface area (Å²) in [6, 6.07) is 15.7. The average Bonchev–Trinajstić information content (AvgIpc) is 3.01. The molecular formula is C21H14N2O. The van der Waals surface area contributed by atoms with Crippen molar-refractivity contribution >= 4 is 22.5 Å². The van der Waals surface area contributed by atoms with Crippen LogP contribution in [0.4, 0.5) is 0 Å². The second kappa shape index (κ2) is 5.36. The van der Waals surface area contributed by atoms with Crippen LogP contribution in [0.15, 0.2) is 59.4 Å². The number of aromatic nitrogens is 2. The van der Waals surface area contributed by atoms with Crippen LogP contribution in [0, 0.1) is 19.3 Å². The van der Waals surface area contributed by atoms with E-state index < -0.39 is 0 Å². The first-order valence-electron chi connectivity index (χ1n) is 7.68. The molecule has 0 amide bonds. The zero-order valence-corrected chi connectivity index (χ0v) is 13.2. The van der Waals surface area contributed by atoms with E-state index in [0.717, 1.165) is 27.5 Å².